The number of aromatic nitrogens is 2. The van der Waals surface area contributed by atoms with E-state index in [1.54, 1.807) is 0 Å². The topological polar surface area (TPSA) is 88.1 Å². The van der Waals surface area contributed by atoms with Gasteiger partial charge in [0.15, 0.2) is 0 Å². The van der Waals surface area contributed by atoms with E-state index in [0.717, 1.165) is 61.4 Å². The first-order chi connectivity index (χ1) is 13.1. The van der Waals surface area contributed by atoms with Crippen LogP contribution in [0.25, 0.3) is 5.69 Å². The Kier molecular flexibility index (Phi) is 3.70. The molecule has 3 N–H and O–H groups in total. The summed E-state index contributed by atoms with van der Waals surface area (Å²) in [6.07, 6.45) is 5.27. The van der Waals surface area contributed by atoms with Gasteiger partial charge in [-0.15, -0.1) is 0 Å². The molecule has 1 aromatic heterocycles. The predicted molar refractivity (Wildman–Crippen MR) is 101 cm³/mol. The van der Waals surface area contributed by atoms with E-state index in [2.05, 4.69) is 16.0 Å². The molecule has 5 rings (SSSR count). The fourth-order valence-corrected chi connectivity index (χ4v) is 4.73. The standard InChI is InChI=1S/C20H23N5O2/c26-17-11-20(12-21-17)9-13(10-20)22-19(27)23-18-15-7-4-8-16(15)24-25(18)14-5-2-1-3-6-14/h1-3,5-6,13H,4,7-12H2,(H,21,26)(H2,22,23,27). The third-order valence-electron chi connectivity index (χ3n) is 6.03. The highest BCUT2D eigenvalue weighted by molar-refractivity contribution is 5.90. The summed E-state index contributed by atoms with van der Waals surface area (Å²) < 4.78 is 1.84. The number of nitrogens with one attached hydrogen (secondary N) is 3. The zero-order valence-corrected chi connectivity index (χ0v) is 15.1. The van der Waals surface area contributed by atoms with Crippen molar-refractivity contribution >= 4 is 17.8 Å². The maximum absolute atomic E-state index is 12.6. The molecule has 7 nitrogen and oxygen atoms in total. The number of benzene rings is 1. The maximum atomic E-state index is 12.6. The summed E-state index contributed by atoms with van der Waals surface area (Å²) in [5.74, 6) is 0.901. The zero-order chi connectivity index (χ0) is 18.4. The summed E-state index contributed by atoms with van der Waals surface area (Å²) in [5.41, 5.74) is 3.22. The SMILES string of the molecule is O=C1CC2(CN1)CC(NC(=O)Nc1c3c(nn1-c1ccccc1)CCC3)C2. The number of urea groups is 1. The number of fused-ring (bicyclic) bond motifs is 1. The van der Waals surface area contributed by atoms with Gasteiger partial charge in [-0.3, -0.25) is 10.1 Å². The first-order valence-electron chi connectivity index (χ1n) is 9.62. The lowest BCUT2D eigenvalue weighted by Gasteiger charge is -2.44. The van der Waals surface area contributed by atoms with Gasteiger partial charge in [0.1, 0.15) is 5.82 Å². The van der Waals surface area contributed by atoms with Gasteiger partial charge in [-0.25, -0.2) is 9.48 Å². The second-order valence-corrected chi connectivity index (χ2v) is 8.03. The van der Waals surface area contributed by atoms with E-state index < -0.39 is 0 Å². The van der Waals surface area contributed by atoms with Crippen molar-refractivity contribution in [3.63, 3.8) is 0 Å². The van der Waals surface area contributed by atoms with Crippen LogP contribution >= 0.6 is 0 Å². The summed E-state index contributed by atoms with van der Waals surface area (Å²) >= 11 is 0. The summed E-state index contributed by atoms with van der Waals surface area (Å²) in [5, 5.41) is 13.7. The lowest BCUT2D eigenvalue weighted by atomic mass is 9.65. The van der Waals surface area contributed by atoms with Crippen LogP contribution in [0.1, 0.15) is 36.9 Å². The van der Waals surface area contributed by atoms with E-state index in [1.165, 1.54) is 0 Å². The van der Waals surface area contributed by atoms with E-state index in [9.17, 15) is 9.59 Å². The zero-order valence-electron chi connectivity index (χ0n) is 15.1. The highest BCUT2D eigenvalue weighted by Gasteiger charge is 2.49. The van der Waals surface area contributed by atoms with Gasteiger partial charge in [-0.1, -0.05) is 18.2 Å². The van der Waals surface area contributed by atoms with Crippen molar-refractivity contribution in [3.05, 3.63) is 41.6 Å². The molecule has 2 heterocycles. The van der Waals surface area contributed by atoms with Gasteiger partial charge in [0.05, 0.1) is 11.4 Å². The number of carbonyl (C=O) groups is 2. The van der Waals surface area contributed by atoms with Crippen LogP contribution in [0, 0.1) is 5.41 Å². The van der Waals surface area contributed by atoms with Crippen LogP contribution in [-0.2, 0) is 17.6 Å². The Morgan fingerprint density at radius 2 is 2.04 bits per heavy atom. The first-order valence-corrected chi connectivity index (χ1v) is 9.62. The van der Waals surface area contributed by atoms with Crippen LogP contribution < -0.4 is 16.0 Å². The number of aryl methyl sites for hydroxylation is 1. The molecule has 2 fully saturated rings. The average Bonchev–Trinajstić information content (AvgIpc) is 3.32. The fraction of sp³-hybridized carbons (Fsp3) is 0.450. The smallest absolute Gasteiger partial charge is 0.320 e. The number of nitrogens with zero attached hydrogens (tertiary/aromatic N) is 2. The molecule has 3 amide bonds. The molecule has 1 saturated heterocycles. The maximum Gasteiger partial charge on any atom is 0.320 e. The Morgan fingerprint density at radius 3 is 2.78 bits per heavy atom. The number of anilines is 1. The molecule has 0 unspecified atom stereocenters. The first kappa shape index (κ1) is 16.4. The molecule has 2 aromatic rings. The lowest BCUT2D eigenvalue weighted by Crippen LogP contribution is -2.52. The molecule has 7 heteroatoms. The normalized spacial score (nSPS) is 25.8. The summed E-state index contributed by atoms with van der Waals surface area (Å²) in [4.78, 5) is 24.1. The van der Waals surface area contributed by atoms with Crippen LogP contribution in [0.15, 0.2) is 30.3 Å². The molecule has 0 atom stereocenters. The highest BCUT2D eigenvalue weighted by atomic mass is 16.2. The quantitative estimate of drug-likeness (QED) is 0.779. The van der Waals surface area contributed by atoms with Gasteiger partial charge in [0.2, 0.25) is 5.91 Å². The van der Waals surface area contributed by atoms with Crippen molar-refractivity contribution in [2.24, 2.45) is 5.41 Å². The van der Waals surface area contributed by atoms with Gasteiger partial charge < -0.3 is 10.6 Å². The van der Waals surface area contributed by atoms with E-state index in [0.29, 0.717) is 6.42 Å². The van der Waals surface area contributed by atoms with E-state index in [-0.39, 0.29) is 23.4 Å². The molecule has 1 spiro atoms. The number of carbonyl (C=O) groups excluding carboxylic acids is 2. The predicted octanol–water partition coefficient (Wildman–Crippen LogP) is 2.15. The van der Waals surface area contributed by atoms with Crippen molar-refractivity contribution in [1.82, 2.24) is 20.4 Å². The molecular weight excluding hydrogens is 342 g/mol. The number of amides is 3. The van der Waals surface area contributed by atoms with Gasteiger partial charge in [0, 0.05) is 30.0 Å². The molecule has 2 aliphatic carbocycles. The van der Waals surface area contributed by atoms with Crippen LogP contribution in [0.5, 0.6) is 0 Å². The van der Waals surface area contributed by atoms with Gasteiger partial charge >= 0.3 is 6.03 Å². The van der Waals surface area contributed by atoms with Crippen molar-refractivity contribution in [1.29, 1.82) is 0 Å². The van der Waals surface area contributed by atoms with Crippen molar-refractivity contribution < 1.29 is 9.59 Å². The fourth-order valence-electron chi connectivity index (χ4n) is 4.73. The Hall–Kier alpha value is -2.83. The molecule has 140 valence electrons. The monoisotopic (exact) mass is 365 g/mol. The van der Waals surface area contributed by atoms with Gasteiger partial charge in [0.25, 0.3) is 0 Å². The Labute approximate surface area is 157 Å². The number of hydrogen-bond acceptors (Lipinski definition) is 3. The third-order valence-corrected chi connectivity index (χ3v) is 6.03. The van der Waals surface area contributed by atoms with Gasteiger partial charge in [-0.2, -0.15) is 5.10 Å². The number of para-hydroxylation sites is 1. The average molecular weight is 365 g/mol. The molecule has 1 aliphatic heterocycles. The minimum absolute atomic E-state index is 0.0576. The minimum Gasteiger partial charge on any atom is -0.356 e. The van der Waals surface area contributed by atoms with E-state index in [1.807, 2.05) is 35.0 Å². The summed E-state index contributed by atoms with van der Waals surface area (Å²) in [6.45, 7) is 0.736. The molecule has 0 bridgehead atoms. The molecule has 27 heavy (non-hydrogen) atoms. The Morgan fingerprint density at radius 1 is 1.22 bits per heavy atom. The van der Waals surface area contributed by atoms with Gasteiger partial charge in [-0.05, 0) is 44.2 Å². The number of rotatable bonds is 3. The highest BCUT2D eigenvalue weighted by Crippen LogP contribution is 2.46. The molecule has 3 aliphatic rings. The summed E-state index contributed by atoms with van der Waals surface area (Å²) in [7, 11) is 0. The second-order valence-electron chi connectivity index (χ2n) is 8.03. The minimum atomic E-state index is -0.195. The van der Waals surface area contributed by atoms with E-state index >= 15 is 0 Å². The van der Waals surface area contributed by atoms with Crippen LogP contribution in [-0.4, -0.2) is 34.3 Å². The van der Waals surface area contributed by atoms with Crippen molar-refractivity contribution in [3.8, 4) is 5.69 Å². The largest absolute Gasteiger partial charge is 0.356 e. The van der Waals surface area contributed by atoms with Crippen LogP contribution in [0.3, 0.4) is 0 Å². The summed E-state index contributed by atoms with van der Waals surface area (Å²) in [6, 6.07) is 9.82. The van der Waals surface area contributed by atoms with Crippen molar-refractivity contribution in [2.45, 2.75) is 44.6 Å². The molecule has 0 radical (unpaired) electrons. The molecular formula is C20H23N5O2. The Balaban J connectivity index is 1.30. The number of hydrogen-bond donors (Lipinski definition) is 3. The molecule has 1 saturated carbocycles. The molecule has 1 aromatic carbocycles. The Bertz CT molecular complexity index is 899. The lowest BCUT2D eigenvalue weighted by molar-refractivity contribution is -0.120. The van der Waals surface area contributed by atoms with Crippen LogP contribution in [0.2, 0.25) is 0 Å². The van der Waals surface area contributed by atoms with E-state index in [4.69, 9.17) is 5.10 Å². The van der Waals surface area contributed by atoms with Crippen LogP contribution in [0.4, 0.5) is 10.6 Å². The third kappa shape index (κ3) is 2.87. The second kappa shape index (κ2) is 6.11. The van der Waals surface area contributed by atoms with Crippen molar-refractivity contribution in [2.75, 3.05) is 11.9 Å².